The van der Waals surface area contributed by atoms with Gasteiger partial charge in [-0.15, -0.1) is 0 Å². The number of halogens is 1. The zero-order chi connectivity index (χ0) is 9.71. The monoisotopic (exact) mass is 186 g/mol. The molecule has 3 rings (SSSR count). The van der Waals surface area contributed by atoms with E-state index in [-0.39, 0.29) is 11.6 Å². The van der Waals surface area contributed by atoms with Crippen molar-refractivity contribution in [2.45, 2.75) is 6.42 Å². The Bertz CT molecular complexity index is 557. The molecule has 0 aromatic heterocycles. The van der Waals surface area contributed by atoms with Gasteiger partial charge in [-0.05, 0) is 17.0 Å². The molecule has 0 spiro atoms. The molecule has 68 valence electrons. The average Bonchev–Trinajstić information content (AvgIpc) is 2.52. The number of ketones is 1. The molecule has 1 nitrogen and oxygen atoms in total. The molecule has 0 N–H and O–H groups in total. The lowest BCUT2D eigenvalue weighted by molar-refractivity contribution is 0.1000. The van der Waals surface area contributed by atoms with E-state index in [4.69, 9.17) is 0 Å². The van der Waals surface area contributed by atoms with Gasteiger partial charge in [-0.2, -0.15) is 0 Å². The first kappa shape index (κ1) is 7.68. The van der Waals surface area contributed by atoms with Crippen LogP contribution < -0.4 is 0 Å². The normalized spacial score (nSPS) is 13.9. The van der Waals surface area contributed by atoms with Crippen LogP contribution in [0.25, 0.3) is 10.8 Å². The summed E-state index contributed by atoms with van der Waals surface area (Å²) in [5.41, 5.74) is 1.61. The molecule has 2 aromatic rings. The largest absolute Gasteiger partial charge is 0.294 e. The molecule has 1 aliphatic rings. The van der Waals surface area contributed by atoms with Gasteiger partial charge in [0.25, 0.3) is 0 Å². The summed E-state index contributed by atoms with van der Waals surface area (Å²) in [7, 11) is 0. The van der Waals surface area contributed by atoms with Crippen molar-refractivity contribution in [3.8, 4) is 0 Å². The number of carbonyl (C=O) groups excluding carboxylic acids is 1. The number of rotatable bonds is 0. The van der Waals surface area contributed by atoms with Crippen LogP contribution in [0.1, 0.15) is 15.9 Å². The minimum atomic E-state index is -0.250. The molecule has 0 atom stereocenters. The van der Waals surface area contributed by atoms with Gasteiger partial charge in [-0.3, -0.25) is 4.79 Å². The van der Waals surface area contributed by atoms with Crippen LogP contribution in [0.15, 0.2) is 30.3 Å². The summed E-state index contributed by atoms with van der Waals surface area (Å²) in [6.07, 6.45) is 0.413. The van der Waals surface area contributed by atoms with Crippen molar-refractivity contribution in [2.75, 3.05) is 0 Å². The second-order valence-corrected chi connectivity index (χ2v) is 3.53. The van der Waals surface area contributed by atoms with E-state index in [2.05, 4.69) is 0 Å². The van der Waals surface area contributed by atoms with Crippen LogP contribution in [0.4, 0.5) is 4.39 Å². The summed E-state index contributed by atoms with van der Waals surface area (Å²) < 4.78 is 13.4. The molecule has 0 aliphatic heterocycles. The standard InChI is InChI=1S/C12H7FO/c13-10-5-4-7-6-11(14)9-3-1-2-8(10)12(7)9/h1-5H,6H2. The molecular formula is C12H7FO. The Kier molecular flexibility index (Phi) is 1.32. The lowest BCUT2D eigenvalue weighted by Gasteiger charge is -2.00. The van der Waals surface area contributed by atoms with Crippen LogP contribution in [-0.4, -0.2) is 5.78 Å². The fourth-order valence-electron chi connectivity index (χ4n) is 2.09. The van der Waals surface area contributed by atoms with E-state index < -0.39 is 0 Å². The van der Waals surface area contributed by atoms with Gasteiger partial charge in [0.15, 0.2) is 5.78 Å². The van der Waals surface area contributed by atoms with Gasteiger partial charge < -0.3 is 0 Å². The fraction of sp³-hybridized carbons (Fsp3) is 0.0833. The number of hydrogen-bond donors (Lipinski definition) is 0. The lowest BCUT2D eigenvalue weighted by Crippen LogP contribution is -1.92. The predicted octanol–water partition coefficient (Wildman–Crippen LogP) is 2.72. The topological polar surface area (TPSA) is 17.1 Å². The third-order valence-electron chi connectivity index (χ3n) is 2.73. The van der Waals surface area contributed by atoms with Gasteiger partial charge in [-0.25, -0.2) is 4.39 Å². The highest BCUT2D eigenvalue weighted by molar-refractivity contribution is 6.15. The molecule has 1 aliphatic carbocycles. The van der Waals surface area contributed by atoms with Crippen molar-refractivity contribution in [1.29, 1.82) is 0 Å². The molecule has 0 radical (unpaired) electrons. The molecule has 0 fully saturated rings. The molecular weight excluding hydrogens is 179 g/mol. The van der Waals surface area contributed by atoms with Crippen molar-refractivity contribution in [2.24, 2.45) is 0 Å². The van der Waals surface area contributed by atoms with E-state index in [0.29, 0.717) is 17.4 Å². The van der Waals surface area contributed by atoms with E-state index in [1.54, 1.807) is 24.3 Å². The lowest BCUT2D eigenvalue weighted by atomic mass is 10.0. The van der Waals surface area contributed by atoms with Crippen LogP contribution in [0.3, 0.4) is 0 Å². The highest BCUT2D eigenvalue weighted by Gasteiger charge is 2.22. The van der Waals surface area contributed by atoms with Crippen LogP contribution in [-0.2, 0) is 6.42 Å². The molecule has 2 aromatic carbocycles. The highest BCUT2D eigenvalue weighted by atomic mass is 19.1. The predicted molar refractivity (Wildman–Crippen MR) is 51.9 cm³/mol. The fourth-order valence-corrected chi connectivity index (χ4v) is 2.09. The maximum Gasteiger partial charge on any atom is 0.167 e. The Balaban J connectivity index is 2.58. The maximum atomic E-state index is 13.4. The van der Waals surface area contributed by atoms with Crippen molar-refractivity contribution in [3.63, 3.8) is 0 Å². The Morgan fingerprint density at radius 1 is 1.14 bits per heavy atom. The Morgan fingerprint density at radius 3 is 2.86 bits per heavy atom. The summed E-state index contributed by atoms with van der Waals surface area (Å²) in [6, 6.07) is 8.34. The minimum absolute atomic E-state index is 0.0937. The van der Waals surface area contributed by atoms with Gasteiger partial charge in [0.05, 0.1) is 0 Å². The number of carbonyl (C=O) groups is 1. The third kappa shape index (κ3) is 0.803. The van der Waals surface area contributed by atoms with E-state index in [1.165, 1.54) is 6.07 Å². The molecule has 2 heteroatoms. The minimum Gasteiger partial charge on any atom is -0.294 e. The van der Waals surface area contributed by atoms with Gasteiger partial charge in [-0.1, -0.05) is 24.3 Å². The van der Waals surface area contributed by atoms with E-state index in [9.17, 15) is 9.18 Å². The van der Waals surface area contributed by atoms with Crippen molar-refractivity contribution in [3.05, 3.63) is 47.3 Å². The van der Waals surface area contributed by atoms with Gasteiger partial charge in [0.2, 0.25) is 0 Å². The Hall–Kier alpha value is -1.70. The zero-order valence-electron chi connectivity index (χ0n) is 7.38. The molecule has 0 amide bonds. The number of benzene rings is 2. The van der Waals surface area contributed by atoms with Crippen molar-refractivity contribution < 1.29 is 9.18 Å². The van der Waals surface area contributed by atoms with Crippen LogP contribution in [0.5, 0.6) is 0 Å². The quantitative estimate of drug-likeness (QED) is 0.618. The summed E-state index contributed by atoms with van der Waals surface area (Å²) in [5, 5.41) is 1.36. The second kappa shape index (κ2) is 2.41. The third-order valence-corrected chi connectivity index (χ3v) is 2.73. The van der Waals surface area contributed by atoms with Gasteiger partial charge in [0.1, 0.15) is 5.82 Å². The summed E-state index contributed by atoms with van der Waals surface area (Å²) in [4.78, 5) is 11.5. The SMILES string of the molecule is O=C1Cc2ccc(F)c3cccc1c23. The first-order chi connectivity index (χ1) is 6.77. The van der Waals surface area contributed by atoms with Crippen LogP contribution in [0, 0.1) is 5.82 Å². The number of Topliss-reactive ketones (excluding diaryl/α,β-unsaturated/α-hetero) is 1. The van der Waals surface area contributed by atoms with Gasteiger partial charge in [0, 0.05) is 17.4 Å². The Morgan fingerprint density at radius 2 is 2.00 bits per heavy atom. The highest BCUT2D eigenvalue weighted by Crippen LogP contribution is 2.31. The van der Waals surface area contributed by atoms with Crippen molar-refractivity contribution >= 4 is 16.6 Å². The van der Waals surface area contributed by atoms with E-state index in [0.717, 1.165) is 10.9 Å². The van der Waals surface area contributed by atoms with E-state index in [1.807, 2.05) is 0 Å². The molecule has 14 heavy (non-hydrogen) atoms. The summed E-state index contributed by atoms with van der Waals surface area (Å²) in [5.74, 6) is -0.156. The Labute approximate surface area is 80.2 Å². The molecule has 0 heterocycles. The summed E-state index contributed by atoms with van der Waals surface area (Å²) in [6.45, 7) is 0. The average molecular weight is 186 g/mol. The second-order valence-electron chi connectivity index (χ2n) is 3.53. The smallest absolute Gasteiger partial charge is 0.167 e. The van der Waals surface area contributed by atoms with Crippen LogP contribution >= 0.6 is 0 Å². The van der Waals surface area contributed by atoms with Crippen molar-refractivity contribution in [1.82, 2.24) is 0 Å². The molecule has 0 bridgehead atoms. The molecule has 0 unspecified atom stereocenters. The first-order valence-electron chi connectivity index (χ1n) is 4.50. The van der Waals surface area contributed by atoms with E-state index >= 15 is 0 Å². The first-order valence-corrected chi connectivity index (χ1v) is 4.50. The molecule has 0 saturated carbocycles. The summed E-state index contributed by atoms with van der Waals surface area (Å²) >= 11 is 0. The maximum absolute atomic E-state index is 13.4. The number of hydrogen-bond acceptors (Lipinski definition) is 1. The van der Waals surface area contributed by atoms with Crippen LogP contribution in [0.2, 0.25) is 0 Å². The molecule has 0 saturated heterocycles. The zero-order valence-corrected chi connectivity index (χ0v) is 7.38. The van der Waals surface area contributed by atoms with Gasteiger partial charge >= 0.3 is 0 Å².